The molecule has 1 saturated heterocycles. The Morgan fingerprint density at radius 1 is 1.11 bits per heavy atom. The highest BCUT2D eigenvalue weighted by Crippen LogP contribution is 2.31. The van der Waals surface area contributed by atoms with Crippen molar-refractivity contribution in [3.63, 3.8) is 0 Å². The van der Waals surface area contributed by atoms with Crippen LogP contribution in [0.2, 0.25) is 0 Å². The Kier molecular flexibility index (Phi) is 6.26. The predicted molar refractivity (Wildman–Crippen MR) is 107 cm³/mol. The van der Waals surface area contributed by atoms with Crippen LogP contribution in [0.25, 0.3) is 0 Å². The second-order valence-corrected chi connectivity index (χ2v) is 10.1. The summed E-state index contributed by atoms with van der Waals surface area (Å²) in [5.74, 6) is 0.874. The zero-order valence-corrected chi connectivity index (χ0v) is 17.6. The number of aryl methyl sites for hydroxylation is 2. The second-order valence-electron chi connectivity index (χ2n) is 8.15. The standard InChI is InChI=1S/C21H32N2O3S/c1-4-11-22(15-18-6-7-18)21(24)19-9-12-23(13-10-19)27(25,26)20-8-5-16(2)17(3)14-20/h5,8,14,18-19H,4,6-7,9-13,15H2,1-3H3. The van der Waals surface area contributed by atoms with E-state index in [-0.39, 0.29) is 11.8 Å². The molecule has 1 heterocycles. The Labute approximate surface area is 163 Å². The van der Waals surface area contributed by atoms with Crippen molar-refractivity contribution in [2.75, 3.05) is 26.2 Å². The third kappa shape index (κ3) is 4.72. The van der Waals surface area contributed by atoms with Gasteiger partial charge in [-0.15, -0.1) is 0 Å². The lowest BCUT2D eigenvalue weighted by molar-refractivity contribution is -0.137. The molecule has 0 spiro atoms. The number of benzene rings is 1. The summed E-state index contributed by atoms with van der Waals surface area (Å²) in [6.07, 6.45) is 4.68. The lowest BCUT2D eigenvalue weighted by Gasteiger charge is -2.33. The molecule has 1 saturated carbocycles. The highest BCUT2D eigenvalue weighted by atomic mass is 32.2. The van der Waals surface area contributed by atoms with Crippen molar-refractivity contribution in [2.24, 2.45) is 11.8 Å². The van der Waals surface area contributed by atoms with E-state index in [2.05, 4.69) is 6.92 Å². The summed E-state index contributed by atoms with van der Waals surface area (Å²) in [5, 5.41) is 0. The van der Waals surface area contributed by atoms with Gasteiger partial charge in [-0.1, -0.05) is 13.0 Å². The maximum absolute atomic E-state index is 12.9. The molecule has 0 atom stereocenters. The van der Waals surface area contributed by atoms with Crippen molar-refractivity contribution >= 4 is 15.9 Å². The lowest BCUT2D eigenvalue weighted by atomic mass is 9.96. The SMILES string of the molecule is CCCN(CC1CC1)C(=O)C1CCN(S(=O)(=O)c2ccc(C)c(C)c2)CC1. The number of amides is 1. The number of rotatable bonds is 7. The van der Waals surface area contributed by atoms with Gasteiger partial charge in [0.05, 0.1) is 4.90 Å². The number of nitrogens with zero attached hydrogens (tertiary/aromatic N) is 2. The van der Waals surface area contributed by atoms with Gasteiger partial charge in [0.1, 0.15) is 0 Å². The van der Waals surface area contributed by atoms with Crippen molar-refractivity contribution in [2.45, 2.75) is 57.8 Å². The van der Waals surface area contributed by atoms with Crippen LogP contribution in [-0.4, -0.2) is 49.7 Å². The third-order valence-electron chi connectivity index (χ3n) is 5.90. The van der Waals surface area contributed by atoms with Gasteiger partial charge in [0.15, 0.2) is 0 Å². The molecule has 0 bridgehead atoms. The Bertz CT molecular complexity index is 779. The molecule has 6 heteroatoms. The normalized spacial score (nSPS) is 19.2. The Morgan fingerprint density at radius 2 is 1.78 bits per heavy atom. The third-order valence-corrected chi connectivity index (χ3v) is 7.79. The van der Waals surface area contributed by atoms with Crippen LogP contribution < -0.4 is 0 Å². The molecule has 3 rings (SSSR count). The molecular formula is C21H32N2O3S. The number of hydrogen-bond acceptors (Lipinski definition) is 3. The molecule has 0 N–H and O–H groups in total. The average molecular weight is 393 g/mol. The minimum absolute atomic E-state index is 0.0403. The van der Waals surface area contributed by atoms with Gasteiger partial charge in [-0.3, -0.25) is 4.79 Å². The van der Waals surface area contributed by atoms with E-state index in [1.807, 2.05) is 24.8 Å². The number of carbonyl (C=O) groups is 1. The molecule has 1 aliphatic heterocycles. The van der Waals surface area contributed by atoms with E-state index in [9.17, 15) is 13.2 Å². The summed E-state index contributed by atoms with van der Waals surface area (Å²) in [6, 6.07) is 5.30. The summed E-state index contributed by atoms with van der Waals surface area (Å²) in [7, 11) is -3.48. The van der Waals surface area contributed by atoms with Gasteiger partial charge in [-0.2, -0.15) is 4.31 Å². The average Bonchev–Trinajstić information content (AvgIpc) is 3.47. The number of carbonyl (C=O) groups excluding carboxylic acids is 1. The van der Waals surface area contributed by atoms with Crippen LogP contribution >= 0.6 is 0 Å². The van der Waals surface area contributed by atoms with Gasteiger partial charge in [0, 0.05) is 32.1 Å². The molecule has 1 aliphatic carbocycles. The van der Waals surface area contributed by atoms with Crippen molar-refractivity contribution < 1.29 is 13.2 Å². The molecule has 1 aromatic rings. The molecule has 2 fully saturated rings. The summed E-state index contributed by atoms with van der Waals surface area (Å²) < 4.78 is 27.4. The van der Waals surface area contributed by atoms with Crippen LogP contribution in [0.4, 0.5) is 0 Å². The van der Waals surface area contributed by atoms with E-state index in [1.165, 1.54) is 12.8 Å². The van der Waals surface area contributed by atoms with Crippen molar-refractivity contribution in [1.29, 1.82) is 0 Å². The van der Waals surface area contributed by atoms with Gasteiger partial charge in [0.25, 0.3) is 0 Å². The van der Waals surface area contributed by atoms with Gasteiger partial charge in [0.2, 0.25) is 15.9 Å². The zero-order chi connectivity index (χ0) is 19.6. The van der Waals surface area contributed by atoms with E-state index in [0.717, 1.165) is 30.6 Å². The molecule has 1 amide bonds. The molecular weight excluding hydrogens is 360 g/mol. The van der Waals surface area contributed by atoms with Crippen molar-refractivity contribution in [3.8, 4) is 0 Å². The van der Waals surface area contributed by atoms with Crippen LogP contribution in [0.1, 0.15) is 50.2 Å². The Balaban J connectivity index is 1.63. The van der Waals surface area contributed by atoms with E-state index < -0.39 is 10.0 Å². The fourth-order valence-electron chi connectivity index (χ4n) is 3.80. The monoisotopic (exact) mass is 392 g/mol. The van der Waals surface area contributed by atoms with Gasteiger partial charge in [-0.25, -0.2) is 8.42 Å². The first-order valence-corrected chi connectivity index (χ1v) is 11.6. The summed E-state index contributed by atoms with van der Waals surface area (Å²) >= 11 is 0. The molecule has 150 valence electrons. The number of hydrogen-bond donors (Lipinski definition) is 0. The summed E-state index contributed by atoms with van der Waals surface area (Å²) in [5.41, 5.74) is 2.07. The van der Waals surface area contributed by atoms with Gasteiger partial charge >= 0.3 is 0 Å². The number of piperidine rings is 1. The topological polar surface area (TPSA) is 57.7 Å². The van der Waals surface area contributed by atoms with Gasteiger partial charge in [-0.05, 0) is 75.1 Å². The van der Waals surface area contributed by atoms with Crippen LogP contribution in [0.3, 0.4) is 0 Å². The van der Waals surface area contributed by atoms with E-state index in [1.54, 1.807) is 16.4 Å². The van der Waals surface area contributed by atoms with E-state index in [4.69, 9.17) is 0 Å². The minimum Gasteiger partial charge on any atom is -0.342 e. The number of sulfonamides is 1. The first-order chi connectivity index (χ1) is 12.8. The summed E-state index contributed by atoms with van der Waals surface area (Å²) in [4.78, 5) is 15.3. The van der Waals surface area contributed by atoms with Crippen LogP contribution in [0.15, 0.2) is 23.1 Å². The highest BCUT2D eigenvalue weighted by molar-refractivity contribution is 7.89. The van der Waals surface area contributed by atoms with Crippen molar-refractivity contribution in [1.82, 2.24) is 9.21 Å². The smallest absolute Gasteiger partial charge is 0.243 e. The highest BCUT2D eigenvalue weighted by Gasteiger charge is 2.35. The fourth-order valence-corrected chi connectivity index (χ4v) is 5.35. The second kappa shape index (κ2) is 8.31. The Morgan fingerprint density at radius 3 is 2.33 bits per heavy atom. The maximum atomic E-state index is 12.9. The largest absolute Gasteiger partial charge is 0.342 e. The van der Waals surface area contributed by atoms with Crippen LogP contribution in [0, 0.1) is 25.7 Å². The van der Waals surface area contributed by atoms with Crippen LogP contribution in [-0.2, 0) is 14.8 Å². The Hall–Kier alpha value is -1.40. The quantitative estimate of drug-likeness (QED) is 0.715. The van der Waals surface area contributed by atoms with E-state index in [0.29, 0.717) is 36.7 Å². The molecule has 27 heavy (non-hydrogen) atoms. The first-order valence-electron chi connectivity index (χ1n) is 10.2. The molecule has 5 nitrogen and oxygen atoms in total. The summed E-state index contributed by atoms with van der Waals surface area (Å²) in [6.45, 7) is 8.56. The maximum Gasteiger partial charge on any atom is 0.243 e. The molecule has 1 aromatic carbocycles. The first kappa shape index (κ1) is 20.3. The van der Waals surface area contributed by atoms with Gasteiger partial charge < -0.3 is 4.90 Å². The fraction of sp³-hybridized carbons (Fsp3) is 0.667. The van der Waals surface area contributed by atoms with E-state index >= 15 is 0 Å². The predicted octanol–water partition coefficient (Wildman–Crippen LogP) is 3.35. The zero-order valence-electron chi connectivity index (χ0n) is 16.8. The molecule has 2 aliphatic rings. The molecule has 0 unspecified atom stereocenters. The minimum atomic E-state index is -3.48. The van der Waals surface area contributed by atoms with Crippen molar-refractivity contribution in [3.05, 3.63) is 29.3 Å². The molecule has 0 aromatic heterocycles. The lowest BCUT2D eigenvalue weighted by Crippen LogP contribution is -2.45. The molecule has 0 radical (unpaired) electrons. The van der Waals surface area contributed by atoms with Crippen LogP contribution in [0.5, 0.6) is 0 Å².